The third-order valence-corrected chi connectivity index (χ3v) is 4.32. The van der Waals surface area contributed by atoms with Crippen LogP contribution in [0.15, 0.2) is 11.1 Å². The molecule has 0 aromatic carbocycles. The van der Waals surface area contributed by atoms with E-state index in [9.17, 15) is 15.0 Å². The number of ether oxygens (including phenoxy) is 1. The molecule has 4 N–H and O–H groups in total. The van der Waals surface area contributed by atoms with Gasteiger partial charge in [0.05, 0.1) is 12.4 Å². The summed E-state index contributed by atoms with van der Waals surface area (Å²) in [5.74, 6) is 0.748. The van der Waals surface area contributed by atoms with E-state index in [0.29, 0.717) is 24.1 Å². The van der Waals surface area contributed by atoms with Crippen LogP contribution in [0.5, 0.6) is 0 Å². The van der Waals surface area contributed by atoms with E-state index < -0.39 is 24.5 Å². The minimum Gasteiger partial charge on any atom is -0.388 e. The number of fused-ring (bicyclic) bond motifs is 1. The van der Waals surface area contributed by atoms with Crippen LogP contribution in [-0.2, 0) is 4.74 Å². The van der Waals surface area contributed by atoms with Crippen molar-refractivity contribution in [3.05, 3.63) is 16.7 Å². The molecule has 9 heteroatoms. The molecule has 0 amide bonds. The largest absolute Gasteiger partial charge is 0.388 e. The number of hydrogen-bond donors (Lipinski definition) is 4. The average molecular weight is 351 g/mol. The highest BCUT2D eigenvalue weighted by molar-refractivity contribution is 5.70. The van der Waals surface area contributed by atoms with Gasteiger partial charge in [-0.2, -0.15) is 4.98 Å². The number of anilines is 1. The second-order valence-electron chi connectivity index (χ2n) is 7.23. The lowest BCUT2D eigenvalue weighted by Gasteiger charge is -2.18. The average Bonchev–Trinajstić information content (AvgIpc) is 3.08. The van der Waals surface area contributed by atoms with E-state index in [2.05, 4.69) is 20.3 Å². The van der Waals surface area contributed by atoms with Crippen LogP contribution in [-0.4, -0.2) is 54.6 Å². The zero-order chi connectivity index (χ0) is 18.3. The SMILES string of the molecule is CC(C)CNc1nc2c(ncn2[C@@H]2O[C@H](C(C)C)C(O)[C@@H]2O)c(=O)[nH]1. The Morgan fingerprint density at radius 3 is 2.64 bits per heavy atom. The van der Waals surface area contributed by atoms with E-state index in [-0.39, 0.29) is 17.0 Å². The molecule has 4 atom stereocenters. The second-order valence-corrected chi connectivity index (χ2v) is 7.23. The zero-order valence-corrected chi connectivity index (χ0v) is 14.8. The summed E-state index contributed by atoms with van der Waals surface area (Å²) in [4.78, 5) is 23.4. The predicted molar refractivity (Wildman–Crippen MR) is 92.2 cm³/mol. The minimum atomic E-state index is -1.13. The lowest BCUT2D eigenvalue weighted by Crippen LogP contribution is -2.34. The van der Waals surface area contributed by atoms with E-state index in [1.54, 1.807) is 0 Å². The lowest BCUT2D eigenvalue weighted by molar-refractivity contribution is -0.0492. The molecule has 0 saturated carbocycles. The van der Waals surface area contributed by atoms with Crippen LogP contribution in [0.4, 0.5) is 5.95 Å². The molecule has 138 valence electrons. The molecule has 1 aliphatic rings. The molecule has 2 aromatic rings. The summed E-state index contributed by atoms with van der Waals surface area (Å²) in [6, 6.07) is 0. The first-order valence-electron chi connectivity index (χ1n) is 8.52. The van der Waals surface area contributed by atoms with Gasteiger partial charge in [0.15, 0.2) is 17.4 Å². The molecule has 3 heterocycles. The maximum atomic E-state index is 12.2. The molecule has 9 nitrogen and oxygen atoms in total. The Morgan fingerprint density at radius 1 is 1.32 bits per heavy atom. The number of rotatable bonds is 5. The van der Waals surface area contributed by atoms with E-state index in [1.165, 1.54) is 10.9 Å². The van der Waals surface area contributed by atoms with Crippen molar-refractivity contribution in [3.63, 3.8) is 0 Å². The predicted octanol–water partition coefficient (Wildman–Crippen LogP) is 0.463. The number of nitrogens with one attached hydrogen (secondary N) is 2. The first-order chi connectivity index (χ1) is 11.8. The summed E-state index contributed by atoms with van der Waals surface area (Å²) < 4.78 is 7.33. The molecule has 1 fully saturated rings. The van der Waals surface area contributed by atoms with Gasteiger partial charge in [-0.05, 0) is 11.8 Å². The first-order valence-corrected chi connectivity index (χ1v) is 8.52. The van der Waals surface area contributed by atoms with Gasteiger partial charge >= 0.3 is 0 Å². The molecule has 0 spiro atoms. The summed E-state index contributed by atoms with van der Waals surface area (Å²) in [7, 11) is 0. The molecule has 3 rings (SSSR count). The molecule has 1 saturated heterocycles. The molecule has 0 bridgehead atoms. The van der Waals surface area contributed by atoms with E-state index in [1.807, 2.05) is 27.7 Å². The Morgan fingerprint density at radius 2 is 2.04 bits per heavy atom. The number of aliphatic hydroxyl groups is 2. The van der Waals surface area contributed by atoms with Crippen LogP contribution in [0.3, 0.4) is 0 Å². The summed E-state index contributed by atoms with van der Waals surface area (Å²) in [5.41, 5.74) is 0.0903. The first kappa shape index (κ1) is 17.8. The zero-order valence-electron chi connectivity index (χ0n) is 14.8. The van der Waals surface area contributed by atoms with Gasteiger partial charge in [0.1, 0.15) is 12.2 Å². The number of nitrogens with zero attached hydrogens (tertiary/aromatic N) is 3. The summed E-state index contributed by atoms with van der Waals surface area (Å²) in [5, 5.41) is 23.7. The van der Waals surface area contributed by atoms with Crippen molar-refractivity contribution in [2.24, 2.45) is 11.8 Å². The molecule has 2 aromatic heterocycles. The van der Waals surface area contributed by atoms with Gasteiger partial charge in [-0.25, -0.2) is 4.98 Å². The minimum absolute atomic E-state index is 0.0315. The van der Waals surface area contributed by atoms with E-state index in [4.69, 9.17) is 4.74 Å². The van der Waals surface area contributed by atoms with Crippen LogP contribution >= 0.6 is 0 Å². The fourth-order valence-corrected chi connectivity index (χ4v) is 2.96. The molecule has 0 radical (unpaired) electrons. The van der Waals surface area contributed by atoms with Crippen LogP contribution in [0.1, 0.15) is 33.9 Å². The van der Waals surface area contributed by atoms with Gasteiger partial charge in [0.25, 0.3) is 5.56 Å². The quantitative estimate of drug-likeness (QED) is 0.617. The Labute approximate surface area is 145 Å². The normalized spacial score (nSPS) is 26.9. The second kappa shape index (κ2) is 6.74. The van der Waals surface area contributed by atoms with Crippen LogP contribution in [0, 0.1) is 11.8 Å². The summed E-state index contributed by atoms with van der Waals surface area (Å²) in [6.45, 7) is 8.56. The third-order valence-electron chi connectivity index (χ3n) is 4.32. The van der Waals surface area contributed by atoms with Gasteiger partial charge in [-0.15, -0.1) is 0 Å². The molecular weight excluding hydrogens is 326 g/mol. The van der Waals surface area contributed by atoms with Gasteiger partial charge in [-0.1, -0.05) is 27.7 Å². The number of H-pyrrole nitrogens is 1. The molecule has 1 unspecified atom stereocenters. The molecular formula is C16H25N5O4. The molecule has 0 aliphatic carbocycles. The van der Waals surface area contributed by atoms with Gasteiger partial charge in [0.2, 0.25) is 5.95 Å². The number of imidazole rings is 1. The topological polar surface area (TPSA) is 125 Å². The third kappa shape index (κ3) is 3.26. The van der Waals surface area contributed by atoms with Crippen molar-refractivity contribution in [2.45, 2.75) is 52.2 Å². The highest BCUT2D eigenvalue weighted by atomic mass is 16.6. The fraction of sp³-hybridized carbons (Fsp3) is 0.688. The Balaban J connectivity index is 1.98. The van der Waals surface area contributed by atoms with Crippen molar-refractivity contribution in [2.75, 3.05) is 11.9 Å². The van der Waals surface area contributed by atoms with Gasteiger partial charge < -0.3 is 20.3 Å². The maximum absolute atomic E-state index is 12.2. The monoisotopic (exact) mass is 351 g/mol. The molecule has 1 aliphatic heterocycles. The van der Waals surface area contributed by atoms with Crippen molar-refractivity contribution in [1.29, 1.82) is 0 Å². The number of aliphatic hydroxyl groups excluding tert-OH is 2. The Kier molecular flexibility index (Phi) is 4.81. The Bertz CT molecular complexity index is 799. The number of hydrogen-bond acceptors (Lipinski definition) is 7. The van der Waals surface area contributed by atoms with E-state index >= 15 is 0 Å². The van der Waals surface area contributed by atoms with Gasteiger partial charge in [-0.3, -0.25) is 14.3 Å². The van der Waals surface area contributed by atoms with Crippen molar-refractivity contribution >= 4 is 17.1 Å². The molecule has 25 heavy (non-hydrogen) atoms. The highest BCUT2D eigenvalue weighted by Gasteiger charge is 2.45. The fourth-order valence-electron chi connectivity index (χ4n) is 2.96. The Hall–Kier alpha value is -1.97. The van der Waals surface area contributed by atoms with Crippen molar-refractivity contribution < 1.29 is 14.9 Å². The van der Waals surface area contributed by atoms with Crippen LogP contribution < -0.4 is 10.9 Å². The van der Waals surface area contributed by atoms with Gasteiger partial charge in [0, 0.05) is 6.54 Å². The highest BCUT2D eigenvalue weighted by Crippen LogP contribution is 2.34. The summed E-state index contributed by atoms with van der Waals surface area (Å²) in [6.07, 6.45) is -2.08. The van der Waals surface area contributed by atoms with Crippen molar-refractivity contribution in [1.82, 2.24) is 19.5 Å². The standard InChI is InChI=1S/C16H25N5O4/c1-7(2)5-17-16-19-13-9(14(24)20-16)18-6-21(13)15-11(23)10(22)12(25-15)8(3)4/h6-8,10-12,15,22-23H,5H2,1-4H3,(H2,17,19,20,24)/t10?,11-,12+,15+/m0/s1. The smallest absolute Gasteiger partial charge is 0.280 e. The van der Waals surface area contributed by atoms with Crippen LogP contribution in [0.25, 0.3) is 11.2 Å². The lowest BCUT2D eigenvalue weighted by atomic mass is 10.0. The maximum Gasteiger partial charge on any atom is 0.280 e. The summed E-state index contributed by atoms with van der Waals surface area (Å²) >= 11 is 0. The number of aromatic amines is 1. The van der Waals surface area contributed by atoms with E-state index in [0.717, 1.165) is 0 Å². The number of aromatic nitrogens is 4. The van der Waals surface area contributed by atoms with Crippen LogP contribution in [0.2, 0.25) is 0 Å². The van der Waals surface area contributed by atoms with Crippen molar-refractivity contribution in [3.8, 4) is 0 Å².